The normalized spacial score (nSPS) is 29.1. The van der Waals surface area contributed by atoms with Gasteiger partial charge in [-0.05, 0) is 38.0 Å². The predicted octanol–water partition coefficient (Wildman–Crippen LogP) is 2.01. The number of nitrogens with zero attached hydrogens (tertiary/aromatic N) is 1. The second kappa shape index (κ2) is 5.66. The lowest BCUT2D eigenvalue weighted by Gasteiger charge is -2.38. The van der Waals surface area contributed by atoms with Crippen LogP contribution in [-0.2, 0) is 9.84 Å². The van der Waals surface area contributed by atoms with Crippen molar-refractivity contribution < 1.29 is 8.42 Å². The summed E-state index contributed by atoms with van der Waals surface area (Å²) in [6.45, 7) is 1.79. The third kappa shape index (κ3) is 2.65. The van der Waals surface area contributed by atoms with E-state index >= 15 is 0 Å². The Morgan fingerprint density at radius 2 is 2.05 bits per heavy atom. The smallest absolute Gasteiger partial charge is 0.180 e. The molecule has 0 saturated heterocycles. The lowest BCUT2D eigenvalue weighted by Crippen LogP contribution is -2.60. The fraction of sp³-hybridized carbons (Fsp3) is 0.562. The van der Waals surface area contributed by atoms with E-state index in [-0.39, 0.29) is 6.04 Å². The van der Waals surface area contributed by atoms with E-state index in [0.717, 1.165) is 37.1 Å². The molecule has 1 unspecified atom stereocenters. The average molecular weight is 321 g/mol. The van der Waals surface area contributed by atoms with Crippen LogP contribution >= 0.6 is 0 Å². The second-order valence-electron chi connectivity index (χ2n) is 6.30. The monoisotopic (exact) mass is 321 g/mol. The van der Waals surface area contributed by atoms with Crippen LogP contribution in [0.4, 0.5) is 0 Å². The summed E-state index contributed by atoms with van der Waals surface area (Å²) in [5.41, 5.74) is 2.12. The van der Waals surface area contributed by atoms with Gasteiger partial charge in [0.25, 0.3) is 0 Å². The van der Waals surface area contributed by atoms with E-state index < -0.39 is 14.7 Å². The molecular weight excluding hydrogens is 298 g/mol. The van der Waals surface area contributed by atoms with E-state index in [1.165, 1.54) is 12.7 Å². The molecule has 2 aliphatic heterocycles. The zero-order valence-corrected chi connectivity index (χ0v) is 13.9. The van der Waals surface area contributed by atoms with Crippen LogP contribution in [0.1, 0.15) is 39.0 Å². The Morgan fingerprint density at radius 1 is 1.32 bits per heavy atom. The van der Waals surface area contributed by atoms with Crippen LogP contribution in [0.2, 0.25) is 0 Å². The quantitative estimate of drug-likeness (QED) is 0.834. The van der Waals surface area contributed by atoms with Gasteiger partial charge in [-0.2, -0.15) is 0 Å². The van der Waals surface area contributed by atoms with Gasteiger partial charge in [-0.1, -0.05) is 19.3 Å². The minimum atomic E-state index is -3.40. The summed E-state index contributed by atoms with van der Waals surface area (Å²) in [4.78, 5) is 3.34. The molecular formula is C16H23N3O2S. The SMILES string of the molecule is CC1=NC2=CC=CNC2=CC1(NC1CCCCC1)S(C)(=O)=O. The van der Waals surface area contributed by atoms with Gasteiger partial charge in [-0.25, -0.2) is 8.42 Å². The third-order valence-electron chi connectivity index (χ3n) is 4.65. The summed E-state index contributed by atoms with van der Waals surface area (Å²) in [6, 6.07) is 0.218. The lowest BCUT2D eigenvalue weighted by molar-refractivity contribution is 0.358. The van der Waals surface area contributed by atoms with Crippen LogP contribution in [0.5, 0.6) is 0 Å². The topological polar surface area (TPSA) is 70.6 Å². The molecule has 1 aliphatic carbocycles. The maximum absolute atomic E-state index is 12.6. The molecule has 0 aromatic carbocycles. The van der Waals surface area contributed by atoms with Crippen LogP contribution < -0.4 is 10.6 Å². The summed E-state index contributed by atoms with van der Waals surface area (Å²) < 4.78 is 25.2. The molecule has 1 fully saturated rings. The van der Waals surface area contributed by atoms with Gasteiger partial charge in [-0.3, -0.25) is 10.3 Å². The van der Waals surface area contributed by atoms with E-state index in [0.29, 0.717) is 5.71 Å². The molecule has 5 nitrogen and oxygen atoms in total. The lowest BCUT2D eigenvalue weighted by atomic mass is 9.93. The van der Waals surface area contributed by atoms with E-state index in [4.69, 9.17) is 0 Å². The third-order valence-corrected chi connectivity index (χ3v) is 6.35. The Kier molecular flexibility index (Phi) is 3.99. The van der Waals surface area contributed by atoms with Crippen molar-refractivity contribution in [2.24, 2.45) is 4.99 Å². The van der Waals surface area contributed by atoms with Crippen LogP contribution in [0.15, 0.2) is 40.8 Å². The van der Waals surface area contributed by atoms with E-state index in [9.17, 15) is 8.42 Å². The Labute approximate surface area is 132 Å². The largest absolute Gasteiger partial charge is 0.360 e. The van der Waals surface area contributed by atoms with Gasteiger partial charge >= 0.3 is 0 Å². The highest BCUT2D eigenvalue weighted by Crippen LogP contribution is 2.31. The second-order valence-corrected chi connectivity index (χ2v) is 8.49. The Bertz CT molecular complexity index is 682. The first-order chi connectivity index (χ1) is 10.4. The number of nitrogens with one attached hydrogen (secondary N) is 2. The molecule has 22 heavy (non-hydrogen) atoms. The van der Waals surface area contributed by atoms with Gasteiger partial charge in [0.05, 0.1) is 17.1 Å². The van der Waals surface area contributed by atoms with Gasteiger partial charge in [0.1, 0.15) is 0 Å². The summed E-state index contributed by atoms with van der Waals surface area (Å²) in [7, 11) is -3.40. The van der Waals surface area contributed by atoms with Crippen LogP contribution in [0.3, 0.4) is 0 Å². The summed E-state index contributed by atoms with van der Waals surface area (Å²) >= 11 is 0. The predicted molar refractivity (Wildman–Crippen MR) is 89.1 cm³/mol. The number of sulfone groups is 1. The van der Waals surface area contributed by atoms with Crippen LogP contribution in [0.25, 0.3) is 0 Å². The molecule has 0 radical (unpaired) electrons. The first-order valence-electron chi connectivity index (χ1n) is 7.82. The Hall–Kier alpha value is -1.40. The van der Waals surface area contributed by atoms with E-state index in [1.54, 1.807) is 19.2 Å². The Morgan fingerprint density at radius 3 is 2.73 bits per heavy atom. The standard InChI is InChI=1S/C16H23N3O2S/c1-12-16(22(2,20)21,19-13-7-4-3-5-8-13)11-15-14(18-12)9-6-10-17-15/h6,9-11,13,17,19H,3-5,7-8H2,1-2H3. The van der Waals surface area contributed by atoms with Crippen molar-refractivity contribution in [3.05, 3.63) is 35.8 Å². The summed E-state index contributed by atoms with van der Waals surface area (Å²) in [5, 5.41) is 6.51. The minimum Gasteiger partial charge on any atom is -0.360 e. The summed E-state index contributed by atoms with van der Waals surface area (Å²) in [5.74, 6) is 0. The van der Waals surface area contributed by atoms with Gasteiger partial charge in [-0.15, -0.1) is 0 Å². The molecule has 6 heteroatoms. The van der Waals surface area contributed by atoms with Gasteiger partial charge < -0.3 is 5.32 Å². The number of allylic oxidation sites excluding steroid dienone is 2. The van der Waals surface area contributed by atoms with Crippen molar-refractivity contribution >= 4 is 15.5 Å². The highest BCUT2D eigenvalue weighted by molar-refractivity contribution is 7.93. The number of hydrogen-bond acceptors (Lipinski definition) is 5. The molecule has 0 aromatic heterocycles. The maximum atomic E-state index is 12.6. The molecule has 3 aliphatic rings. The number of dihydropyridines is 2. The highest BCUT2D eigenvalue weighted by Gasteiger charge is 2.46. The van der Waals surface area contributed by atoms with E-state index in [1.807, 2.05) is 12.2 Å². The molecule has 1 atom stereocenters. The zero-order valence-electron chi connectivity index (χ0n) is 13.1. The number of fused-ring (bicyclic) bond motifs is 1. The van der Waals surface area contributed by atoms with E-state index in [2.05, 4.69) is 15.6 Å². The summed E-state index contributed by atoms with van der Waals surface area (Å²) in [6.07, 6.45) is 14.2. The number of hydrogen-bond donors (Lipinski definition) is 2. The fourth-order valence-electron chi connectivity index (χ4n) is 3.40. The first kappa shape index (κ1) is 15.5. The van der Waals surface area contributed by atoms with Crippen molar-refractivity contribution in [3.8, 4) is 0 Å². The molecule has 0 spiro atoms. The molecule has 120 valence electrons. The van der Waals surface area contributed by atoms with Crippen molar-refractivity contribution in [1.29, 1.82) is 0 Å². The van der Waals surface area contributed by atoms with Crippen molar-refractivity contribution in [3.63, 3.8) is 0 Å². The molecule has 1 saturated carbocycles. The number of rotatable bonds is 3. The zero-order chi connectivity index (χ0) is 15.8. The first-order valence-corrected chi connectivity index (χ1v) is 9.71. The van der Waals surface area contributed by atoms with Gasteiger partial charge in [0.15, 0.2) is 14.7 Å². The number of aliphatic imine (C=N–C) groups is 1. The molecule has 2 N–H and O–H groups in total. The molecule has 2 heterocycles. The average Bonchev–Trinajstić information content (AvgIpc) is 2.48. The molecule has 3 rings (SSSR count). The maximum Gasteiger partial charge on any atom is 0.180 e. The van der Waals surface area contributed by atoms with Crippen molar-refractivity contribution in [2.45, 2.75) is 49.9 Å². The van der Waals surface area contributed by atoms with Crippen molar-refractivity contribution in [2.75, 3.05) is 6.26 Å². The fourth-order valence-corrected chi connectivity index (χ4v) is 4.70. The molecule has 0 amide bonds. The van der Waals surface area contributed by atoms with Gasteiger partial charge in [0.2, 0.25) is 0 Å². The minimum absolute atomic E-state index is 0.218. The molecule has 0 aromatic rings. The van der Waals surface area contributed by atoms with Crippen molar-refractivity contribution in [1.82, 2.24) is 10.6 Å². The highest BCUT2D eigenvalue weighted by atomic mass is 32.2. The van der Waals surface area contributed by atoms with Crippen LogP contribution in [-0.4, -0.2) is 31.3 Å². The molecule has 0 bridgehead atoms. The van der Waals surface area contributed by atoms with Crippen LogP contribution in [0, 0.1) is 0 Å². The van der Waals surface area contributed by atoms with Gasteiger partial charge in [0, 0.05) is 18.5 Å². The Balaban J connectivity index is 2.02.